The molecule has 22 heavy (non-hydrogen) atoms. The van der Waals surface area contributed by atoms with E-state index in [9.17, 15) is 13.2 Å². The van der Waals surface area contributed by atoms with E-state index in [2.05, 4.69) is 28.2 Å². The third-order valence-electron chi connectivity index (χ3n) is 2.71. The van der Waals surface area contributed by atoms with E-state index < -0.39 is 6.36 Å². The summed E-state index contributed by atoms with van der Waals surface area (Å²) < 4.78 is 40.5. The van der Waals surface area contributed by atoms with E-state index in [4.69, 9.17) is 0 Å². The van der Waals surface area contributed by atoms with Crippen molar-refractivity contribution in [2.24, 2.45) is 0 Å². The van der Waals surface area contributed by atoms with Crippen LogP contribution in [-0.2, 0) is 0 Å². The molecular formula is C16H13F3N2O. The fourth-order valence-corrected chi connectivity index (χ4v) is 1.81. The molecular weight excluding hydrogens is 293 g/mol. The van der Waals surface area contributed by atoms with E-state index >= 15 is 0 Å². The average Bonchev–Trinajstić information content (AvgIpc) is 2.45. The summed E-state index contributed by atoms with van der Waals surface area (Å²) >= 11 is 0. The smallest absolute Gasteiger partial charge is 0.406 e. The molecule has 0 aliphatic rings. The minimum absolute atomic E-state index is 0.302. The Hall–Kier alpha value is -2.76. The van der Waals surface area contributed by atoms with Gasteiger partial charge in [-0.25, -0.2) is 4.98 Å². The Balaban J connectivity index is 2.22. The van der Waals surface area contributed by atoms with Gasteiger partial charge in [-0.2, -0.15) is 0 Å². The number of pyridine rings is 1. The molecule has 0 radical (unpaired) electrons. The molecule has 3 nitrogen and oxygen atoms in total. The lowest BCUT2D eigenvalue weighted by molar-refractivity contribution is -0.274. The van der Waals surface area contributed by atoms with E-state index in [1.807, 2.05) is 0 Å². The SMILES string of the molecule is C=Cc1ccc(Nc2cccc(OC(F)(F)F)c2)nc1C=C. The van der Waals surface area contributed by atoms with Gasteiger partial charge in [-0.15, -0.1) is 13.2 Å². The number of rotatable bonds is 5. The molecule has 0 fully saturated rings. The molecule has 0 saturated carbocycles. The zero-order valence-electron chi connectivity index (χ0n) is 11.5. The predicted octanol–water partition coefficient (Wildman–Crippen LogP) is 5.01. The van der Waals surface area contributed by atoms with Gasteiger partial charge in [-0.3, -0.25) is 0 Å². The van der Waals surface area contributed by atoms with Crippen molar-refractivity contribution < 1.29 is 17.9 Å². The van der Waals surface area contributed by atoms with Gasteiger partial charge in [0, 0.05) is 11.8 Å². The van der Waals surface area contributed by atoms with Crippen molar-refractivity contribution in [1.82, 2.24) is 4.98 Å². The Morgan fingerprint density at radius 3 is 2.50 bits per heavy atom. The number of halogens is 3. The van der Waals surface area contributed by atoms with E-state index in [1.165, 1.54) is 18.2 Å². The molecule has 2 aromatic rings. The van der Waals surface area contributed by atoms with E-state index in [0.717, 1.165) is 5.56 Å². The molecule has 0 saturated heterocycles. The molecule has 0 spiro atoms. The lowest BCUT2D eigenvalue weighted by Crippen LogP contribution is -2.17. The van der Waals surface area contributed by atoms with Gasteiger partial charge in [0.1, 0.15) is 11.6 Å². The standard InChI is InChI=1S/C16H13F3N2O/c1-3-11-8-9-15(21-14(11)4-2)20-12-6-5-7-13(10-12)22-16(17,18)19/h3-10H,1-2H2,(H,20,21). The highest BCUT2D eigenvalue weighted by Crippen LogP contribution is 2.26. The highest BCUT2D eigenvalue weighted by atomic mass is 19.4. The number of ether oxygens (including phenoxy) is 1. The Morgan fingerprint density at radius 1 is 1.09 bits per heavy atom. The van der Waals surface area contributed by atoms with E-state index in [0.29, 0.717) is 17.2 Å². The van der Waals surface area contributed by atoms with Crippen LogP contribution in [-0.4, -0.2) is 11.3 Å². The summed E-state index contributed by atoms with van der Waals surface area (Å²) in [5.41, 5.74) is 1.87. The fourth-order valence-electron chi connectivity index (χ4n) is 1.81. The Labute approximate surface area is 125 Å². The lowest BCUT2D eigenvalue weighted by Gasteiger charge is -2.11. The zero-order chi connectivity index (χ0) is 16.2. The van der Waals surface area contributed by atoms with Crippen LogP contribution >= 0.6 is 0 Å². The fraction of sp³-hybridized carbons (Fsp3) is 0.0625. The maximum Gasteiger partial charge on any atom is 0.573 e. The number of alkyl halides is 3. The van der Waals surface area contributed by atoms with Crippen LogP contribution in [0.3, 0.4) is 0 Å². The van der Waals surface area contributed by atoms with Crippen molar-refractivity contribution in [3.8, 4) is 5.75 Å². The summed E-state index contributed by atoms with van der Waals surface area (Å²) in [5.74, 6) is 0.175. The molecule has 0 aliphatic carbocycles. The van der Waals surface area contributed by atoms with Gasteiger partial charge < -0.3 is 10.1 Å². The molecule has 1 aromatic heterocycles. The first-order chi connectivity index (χ1) is 10.4. The highest BCUT2D eigenvalue weighted by molar-refractivity contribution is 5.65. The predicted molar refractivity (Wildman–Crippen MR) is 80.8 cm³/mol. The minimum Gasteiger partial charge on any atom is -0.406 e. The number of nitrogens with one attached hydrogen (secondary N) is 1. The van der Waals surface area contributed by atoms with Crippen LogP contribution in [0.2, 0.25) is 0 Å². The third kappa shape index (κ3) is 4.12. The normalized spacial score (nSPS) is 10.9. The first kappa shape index (κ1) is 15.6. The molecule has 1 aromatic carbocycles. The highest BCUT2D eigenvalue weighted by Gasteiger charge is 2.31. The molecule has 0 atom stereocenters. The minimum atomic E-state index is -4.72. The largest absolute Gasteiger partial charge is 0.573 e. The van der Waals surface area contributed by atoms with E-state index in [1.54, 1.807) is 30.4 Å². The van der Waals surface area contributed by atoms with Crippen LogP contribution in [0.4, 0.5) is 24.7 Å². The van der Waals surface area contributed by atoms with Crippen molar-refractivity contribution in [3.05, 3.63) is 60.8 Å². The summed E-state index contributed by atoms with van der Waals surface area (Å²) in [6, 6.07) is 9.01. The van der Waals surface area contributed by atoms with Crippen molar-refractivity contribution in [1.29, 1.82) is 0 Å². The topological polar surface area (TPSA) is 34.1 Å². The molecule has 0 amide bonds. The molecule has 1 heterocycles. The Bertz CT molecular complexity index is 696. The third-order valence-corrected chi connectivity index (χ3v) is 2.71. The van der Waals surface area contributed by atoms with Crippen molar-refractivity contribution >= 4 is 23.7 Å². The van der Waals surface area contributed by atoms with Gasteiger partial charge >= 0.3 is 6.36 Å². The summed E-state index contributed by atoms with van der Waals surface area (Å²) in [7, 11) is 0. The summed E-state index contributed by atoms with van der Waals surface area (Å²) in [5, 5.41) is 2.92. The van der Waals surface area contributed by atoms with Gasteiger partial charge in [-0.1, -0.05) is 25.3 Å². The van der Waals surface area contributed by atoms with Crippen LogP contribution in [0.1, 0.15) is 11.3 Å². The van der Waals surface area contributed by atoms with Gasteiger partial charge in [0.25, 0.3) is 0 Å². The lowest BCUT2D eigenvalue weighted by atomic mass is 10.2. The maximum absolute atomic E-state index is 12.2. The second-order valence-electron chi connectivity index (χ2n) is 4.28. The van der Waals surface area contributed by atoms with E-state index in [-0.39, 0.29) is 5.75 Å². The van der Waals surface area contributed by atoms with Crippen molar-refractivity contribution in [2.45, 2.75) is 6.36 Å². The number of benzene rings is 1. The summed E-state index contributed by atoms with van der Waals surface area (Å²) in [6.45, 7) is 7.33. The first-order valence-corrected chi connectivity index (χ1v) is 6.30. The average molecular weight is 306 g/mol. The molecule has 2 rings (SSSR count). The zero-order valence-corrected chi connectivity index (χ0v) is 11.5. The van der Waals surface area contributed by atoms with Crippen LogP contribution in [0.25, 0.3) is 12.2 Å². The summed E-state index contributed by atoms with van der Waals surface area (Å²) in [4.78, 5) is 4.30. The molecule has 1 N–H and O–H groups in total. The maximum atomic E-state index is 12.2. The second-order valence-corrected chi connectivity index (χ2v) is 4.28. The van der Waals surface area contributed by atoms with Gasteiger partial charge in [0.2, 0.25) is 0 Å². The Morgan fingerprint density at radius 2 is 1.86 bits per heavy atom. The molecule has 0 aliphatic heterocycles. The number of nitrogens with zero attached hydrogens (tertiary/aromatic N) is 1. The van der Waals surface area contributed by atoms with Gasteiger partial charge in [0.15, 0.2) is 0 Å². The molecule has 6 heteroatoms. The monoisotopic (exact) mass is 306 g/mol. The van der Waals surface area contributed by atoms with Gasteiger partial charge in [-0.05, 0) is 35.9 Å². The summed E-state index contributed by atoms with van der Waals surface area (Å²) in [6.07, 6.45) is -1.50. The second kappa shape index (κ2) is 6.34. The first-order valence-electron chi connectivity index (χ1n) is 6.30. The van der Waals surface area contributed by atoms with Crippen LogP contribution in [0.5, 0.6) is 5.75 Å². The Kier molecular flexibility index (Phi) is 4.50. The van der Waals surface area contributed by atoms with Crippen LogP contribution in [0.15, 0.2) is 49.6 Å². The molecule has 0 bridgehead atoms. The van der Waals surface area contributed by atoms with Gasteiger partial charge in [0.05, 0.1) is 5.69 Å². The number of aromatic nitrogens is 1. The number of hydrogen-bond donors (Lipinski definition) is 1. The van der Waals surface area contributed by atoms with Crippen LogP contribution in [0, 0.1) is 0 Å². The quantitative estimate of drug-likeness (QED) is 0.843. The number of hydrogen-bond acceptors (Lipinski definition) is 3. The molecule has 114 valence electrons. The number of anilines is 2. The van der Waals surface area contributed by atoms with Crippen molar-refractivity contribution in [3.63, 3.8) is 0 Å². The molecule has 0 unspecified atom stereocenters. The van der Waals surface area contributed by atoms with Crippen molar-refractivity contribution in [2.75, 3.05) is 5.32 Å². The van der Waals surface area contributed by atoms with Crippen LogP contribution < -0.4 is 10.1 Å².